The monoisotopic (exact) mass is 525 g/mol. The van der Waals surface area contributed by atoms with Crippen molar-refractivity contribution in [1.29, 1.82) is 0 Å². The van der Waals surface area contributed by atoms with Gasteiger partial charge in [0.05, 0.1) is 16.2 Å². The third-order valence-electron chi connectivity index (χ3n) is 5.75. The molecule has 6 nitrogen and oxygen atoms in total. The van der Waals surface area contributed by atoms with Crippen LogP contribution >= 0.6 is 0 Å². The Morgan fingerprint density at radius 3 is 2.47 bits per heavy atom. The van der Waals surface area contributed by atoms with Crippen molar-refractivity contribution in [3.8, 4) is 11.3 Å². The van der Waals surface area contributed by atoms with E-state index < -0.39 is 58.3 Å². The molecule has 1 N–H and O–H groups in total. The molecule has 2 aromatic carbocycles. The zero-order chi connectivity index (χ0) is 26.0. The Morgan fingerprint density at radius 2 is 1.81 bits per heavy atom. The number of alkyl halides is 3. The van der Waals surface area contributed by atoms with E-state index in [1.165, 1.54) is 18.3 Å². The number of pyridine rings is 1. The molecule has 0 bridgehead atoms. The van der Waals surface area contributed by atoms with Gasteiger partial charge in [-0.3, -0.25) is 9.78 Å². The zero-order valence-electron chi connectivity index (χ0n) is 18.5. The maximum atomic E-state index is 14.2. The summed E-state index contributed by atoms with van der Waals surface area (Å²) in [4.78, 5) is 16.7. The molecule has 1 amide bonds. The number of sulfonamides is 1. The third-order valence-corrected chi connectivity index (χ3v) is 7.64. The number of nitrogens with zero attached hydrogens (tertiary/aromatic N) is 2. The Labute approximate surface area is 203 Å². The van der Waals surface area contributed by atoms with Gasteiger partial charge in [0, 0.05) is 31.3 Å². The predicted octanol–water partition coefficient (Wildman–Crippen LogP) is 4.38. The predicted molar refractivity (Wildman–Crippen MR) is 120 cm³/mol. The highest BCUT2D eigenvalue weighted by molar-refractivity contribution is 7.89. The van der Waals surface area contributed by atoms with Crippen LogP contribution in [0.1, 0.15) is 24.0 Å². The molecule has 1 aliphatic rings. The van der Waals surface area contributed by atoms with Crippen LogP contribution < -0.4 is 5.32 Å². The van der Waals surface area contributed by atoms with Gasteiger partial charge in [-0.05, 0) is 54.1 Å². The molecule has 2 heterocycles. The van der Waals surface area contributed by atoms with Crippen molar-refractivity contribution in [2.24, 2.45) is 0 Å². The summed E-state index contributed by atoms with van der Waals surface area (Å²) in [6.07, 6.45) is -3.48. The van der Waals surface area contributed by atoms with Crippen LogP contribution in [0.3, 0.4) is 0 Å². The maximum Gasteiger partial charge on any atom is 0.266 e. The molecular formula is C24H20F5N3O3S. The normalized spacial score (nSPS) is 18.5. The third kappa shape index (κ3) is 5.39. The van der Waals surface area contributed by atoms with Crippen molar-refractivity contribution < 1.29 is 35.2 Å². The van der Waals surface area contributed by atoms with Crippen molar-refractivity contribution in [1.82, 2.24) is 14.6 Å². The lowest BCUT2D eigenvalue weighted by atomic mass is 10.1. The standard InChI is InChI=1S/C24H20F5N3O3S/c25-16-2-4-18(5-3-16)36(34,35)32-13-17(26)11-22(32)24(33)31-12-14-7-8-30-21(9-14)15-1-6-19(23(28)29)20(27)10-15/h1-10,17,22-23H,11-13H2,(H,31,33)/t17-,22+/m1/s1. The first-order valence-corrected chi connectivity index (χ1v) is 12.2. The molecule has 1 saturated heterocycles. The van der Waals surface area contributed by atoms with Crippen molar-refractivity contribution >= 4 is 15.9 Å². The molecule has 1 aromatic heterocycles. The SMILES string of the molecule is O=C(NCc1ccnc(-c2ccc(C(F)F)c(F)c2)c1)[C@@H]1C[C@@H](F)CN1S(=O)(=O)c1ccc(F)cc1. The van der Waals surface area contributed by atoms with Crippen LogP contribution in [0.4, 0.5) is 22.0 Å². The summed E-state index contributed by atoms with van der Waals surface area (Å²) in [7, 11) is -4.26. The zero-order valence-corrected chi connectivity index (χ0v) is 19.4. The first-order valence-electron chi connectivity index (χ1n) is 10.8. The summed E-state index contributed by atoms with van der Waals surface area (Å²) in [6, 6.07) is 8.95. The highest BCUT2D eigenvalue weighted by Gasteiger charge is 2.44. The van der Waals surface area contributed by atoms with E-state index in [0.29, 0.717) is 5.56 Å². The fourth-order valence-corrected chi connectivity index (χ4v) is 5.54. The van der Waals surface area contributed by atoms with Gasteiger partial charge < -0.3 is 5.32 Å². The number of hydrogen-bond donors (Lipinski definition) is 1. The molecule has 2 atom stereocenters. The molecular weight excluding hydrogens is 505 g/mol. The van der Waals surface area contributed by atoms with Gasteiger partial charge in [0.25, 0.3) is 6.43 Å². The van der Waals surface area contributed by atoms with Crippen molar-refractivity contribution in [3.63, 3.8) is 0 Å². The van der Waals surface area contributed by atoms with E-state index in [4.69, 9.17) is 0 Å². The topological polar surface area (TPSA) is 79.4 Å². The molecule has 0 spiro atoms. The lowest BCUT2D eigenvalue weighted by Gasteiger charge is -2.23. The van der Waals surface area contributed by atoms with E-state index in [1.807, 2.05) is 0 Å². The van der Waals surface area contributed by atoms with Gasteiger partial charge in [0.2, 0.25) is 15.9 Å². The fourth-order valence-electron chi connectivity index (χ4n) is 3.91. The van der Waals surface area contributed by atoms with Crippen LogP contribution in [-0.2, 0) is 21.4 Å². The van der Waals surface area contributed by atoms with Gasteiger partial charge in [0.1, 0.15) is 23.8 Å². The molecule has 36 heavy (non-hydrogen) atoms. The molecule has 1 fully saturated rings. The Kier molecular flexibility index (Phi) is 7.36. The van der Waals surface area contributed by atoms with Crippen molar-refractivity contribution in [3.05, 3.63) is 83.6 Å². The first kappa shape index (κ1) is 25.7. The van der Waals surface area contributed by atoms with E-state index in [2.05, 4.69) is 10.3 Å². The van der Waals surface area contributed by atoms with Crippen LogP contribution in [0.2, 0.25) is 0 Å². The maximum absolute atomic E-state index is 14.2. The molecule has 0 saturated carbocycles. The van der Waals surface area contributed by atoms with Gasteiger partial charge in [-0.1, -0.05) is 6.07 Å². The number of amides is 1. The molecule has 0 aliphatic carbocycles. The van der Waals surface area contributed by atoms with Gasteiger partial charge >= 0.3 is 0 Å². The molecule has 0 unspecified atom stereocenters. The second-order valence-corrected chi connectivity index (χ2v) is 10.1. The summed E-state index contributed by atoms with van der Waals surface area (Å²) in [5.41, 5.74) is 0.295. The smallest absolute Gasteiger partial charge is 0.266 e. The van der Waals surface area contributed by atoms with Crippen molar-refractivity contribution in [2.45, 2.75) is 36.5 Å². The number of carbonyl (C=O) groups is 1. The molecule has 3 aromatic rings. The Bertz CT molecular complexity index is 1370. The van der Waals surface area contributed by atoms with Gasteiger partial charge in [-0.2, -0.15) is 4.31 Å². The highest BCUT2D eigenvalue weighted by atomic mass is 32.2. The van der Waals surface area contributed by atoms with E-state index >= 15 is 0 Å². The average molecular weight is 525 g/mol. The van der Waals surface area contributed by atoms with E-state index in [1.54, 1.807) is 6.07 Å². The minimum Gasteiger partial charge on any atom is -0.351 e. The molecule has 12 heteroatoms. The number of halogens is 5. The Balaban J connectivity index is 1.48. The van der Waals surface area contributed by atoms with E-state index in [-0.39, 0.29) is 29.1 Å². The molecule has 0 radical (unpaired) electrons. The number of nitrogens with one attached hydrogen (secondary N) is 1. The number of carbonyl (C=O) groups excluding carboxylic acids is 1. The summed E-state index contributed by atoms with van der Waals surface area (Å²) in [5.74, 6) is -2.45. The number of benzene rings is 2. The van der Waals surface area contributed by atoms with Crippen LogP contribution in [-0.4, -0.2) is 42.4 Å². The number of rotatable bonds is 7. The van der Waals surface area contributed by atoms with Gasteiger partial charge in [0.15, 0.2) is 0 Å². The van der Waals surface area contributed by atoms with E-state index in [0.717, 1.165) is 40.7 Å². The largest absolute Gasteiger partial charge is 0.351 e. The van der Waals surface area contributed by atoms with Crippen LogP contribution in [0.25, 0.3) is 11.3 Å². The highest BCUT2D eigenvalue weighted by Crippen LogP contribution is 2.29. The Hall–Kier alpha value is -3.38. The van der Waals surface area contributed by atoms with Gasteiger partial charge in [-0.15, -0.1) is 0 Å². The summed E-state index contributed by atoms with van der Waals surface area (Å²) in [6.45, 7) is -0.596. The molecule has 4 rings (SSSR count). The number of hydrogen-bond acceptors (Lipinski definition) is 4. The first-order chi connectivity index (χ1) is 17.1. The summed E-state index contributed by atoms with van der Waals surface area (Å²) in [5, 5.41) is 2.57. The minimum atomic E-state index is -4.26. The van der Waals surface area contributed by atoms with Crippen LogP contribution in [0.5, 0.6) is 0 Å². The van der Waals surface area contributed by atoms with Gasteiger partial charge in [-0.25, -0.2) is 30.4 Å². The second-order valence-electron chi connectivity index (χ2n) is 8.18. The molecule has 190 valence electrons. The molecule has 1 aliphatic heterocycles. The minimum absolute atomic E-state index is 0.0795. The van der Waals surface area contributed by atoms with Crippen molar-refractivity contribution in [2.75, 3.05) is 6.54 Å². The summed E-state index contributed by atoms with van der Waals surface area (Å²) < 4.78 is 93.6. The quantitative estimate of drug-likeness (QED) is 0.465. The number of aromatic nitrogens is 1. The van der Waals surface area contributed by atoms with Crippen LogP contribution in [0.15, 0.2) is 65.7 Å². The Morgan fingerprint density at radius 1 is 1.08 bits per heavy atom. The fraction of sp³-hybridized carbons (Fsp3) is 0.250. The lowest BCUT2D eigenvalue weighted by Crippen LogP contribution is -2.45. The lowest BCUT2D eigenvalue weighted by molar-refractivity contribution is -0.124. The van der Waals surface area contributed by atoms with E-state index in [9.17, 15) is 35.2 Å². The average Bonchev–Trinajstić information content (AvgIpc) is 3.25. The van der Waals surface area contributed by atoms with Crippen LogP contribution in [0, 0.1) is 11.6 Å². The second kappa shape index (κ2) is 10.3. The summed E-state index contributed by atoms with van der Waals surface area (Å²) >= 11 is 0.